The van der Waals surface area contributed by atoms with Crippen LogP contribution in [0.5, 0.6) is 0 Å². The molecule has 1 aromatic rings. The van der Waals surface area contributed by atoms with Gasteiger partial charge in [0, 0.05) is 19.6 Å². The lowest BCUT2D eigenvalue weighted by molar-refractivity contribution is -0.131. The van der Waals surface area contributed by atoms with Gasteiger partial charge < -0.3 is 4.90 Å². The van der Waals surface area contributed by atoms with E-state index >= 15 is 0 Å². The van der Waals surface area contributed by atoms with Crippen LogP contribution in [0.25, 0.3) is 0 Å². The maximum Gasteiger partial charge on any atom is 0.237 e. The number of carbonyl (C=O) groups is 1. The smallest absolute Gasteiger partial charge is 0.237 e. The highest BCUT2D eigenvalue weighted by Crippen LogP contribution is 2.10. The summed E-state index contributed by atoms with van der Waals surface area (Å²) in [6.45, 7) is 4.58. The Kier molecular flexibility index (Phi) is 6.29. The monoisotopic (exact) mass is 316 g/mol. The average Bonchev–Trinajstić information content (AvgIpc) is 2.40. The van der Waals surface area contributed by atoms with Crippen molar-refractivity contribution in [3.8, 4) is 0 Å². The third-order valence-electron chi connectivity index (χ3n) is 3.17. The van der Waals surface area contributed by atoms with Gasteiger partial charge in [0.05, 0.1) is 12.8 Å². The highest BCUT2D eigenvalue weighted by molar-refractivity contribution is 7.88. The fourth-order valence-corrected chi connectivity index (χ4v) is 2.64. The Morgan fingerprint density at radius 1 is 1.14 bits per heavy atom. The first-order chi connectivity index (χ1) is 9.77. The highest BCUT2D eigenvalue weighted by atomic mass is 32.2. The Morgan fingerprint density at radius 3 is 2.10 bits per heavy atom. The standard InChI is InChI=1S/C14H21FN2O3S/c1-4-16(5-2)14(18)11-17(21(3,19)20)10-12-6-8-13(15)9-7-12/h6-9H,4-5,10-11H2,1-3H3. The molecule has 0 saturated carbocycles. The second kappa shape index (κ2) is 7.51. The number of hydrogen-bond donors (Lipinski definition) is 0. The van der Waals surface area contributed by atoms with E-state index in [1.54, 1.807) is 4.90 Å². The average molecular weight is 316 g/mol. The van der Waals surface area contributed by atoms with Crippen LogP contribution in [-0.2, 0) is 21.4 Å². The highest BCUT2D eigenvalue weighted by Gasteiger charge is 2.22. The van der Waals surface area contributed by atoms with Gasteiger partial charge in [0.25, 0.3) is 0 Å². The van der Waals surface area contributed by atoms with Gasteiger partial charge in [-0.05, 0) is 31.5 Å². The second-order valence-electron chi connectivity index (χ2n) is 4.72. The van der Waals surface area contributed by atoms with Crippen molar-refractivity contribution in [2.75, 3.05) is 25.9 Å². The van der Waals surface area contributed by atoms with Crippen LogP contribution in [0.1, 0.15) is 19.4 Å². The van der Waals surface area contributed by atoms with E-state index in [1.165, 1.54) is 24.3 Å². The number of amides is 1. The quantitative estimate of drug-likeness (QED) is 0.765. The Hall–Kier alpha value is -1.47. The predicted molar refractivity (Wildman–Crippen MR) is 79.6 cm³/mol. The maximum atomic E-state index is 12.9. The number of halogens is 1. The molecule has 118 valence electrons. The van der Waals surface area contributed by atoms with Crippen LogP contribution in [0, 0.1) is 5.82 Å². The van der Waals surface area contributed by atoms with E-state index in [1.807, 2.05) is 13.8 Å². The van der Waals surface area contributed by atoms with Crippen LogP contribution in [0.15, 0.2) is 24.3 Å². The van der Waals surface area contributed by atoms with Gasteiger partial charge in [0.15, 0.2) is 0 Å². The van der Waals surface area contributed by atoms with Crippen molar-refractivity contribution < 1.29 is 17.6 Å². The molecule has 1 aromatic carbocycles. The number of hydrogen-bond acceptors (Lipinski definition) is 3. The molecule has 7 heteroatoms. The van der Waals surface area contributed by atoms with Gasteiger partial charge in [-0.15, -0.1) is 0 Å². The molecular weight excluding hydrogens is 295 g/mol. The molecule has 1 amide bonds. The number of likely N-dealkylation sites (N-methyl/N-ethyl adjacent to an activating group) is 1. The first kappa shape index (κ1) is 17.6. The summed E-state index contributed by atoms with van der Waals surface area (Å²) in [4.78, 5) is 13.6. The molecule has 0 fully saturated rings. The summed E-state index contributed by atoms with van der Waals surface area (Å²) in [6.07, 6.45) is 1.06. The van der Waals surface area contributed by atoms with Crippen LogP contribution < -0.4 is 0 Å². The largest absolute Gasteiger partial charge is 0.342 e. The second-order valence-corrected chi connectivity index (χ2v) is 6.71. The molecule has 0 N–H and O–H groups in total. The first-order valence-electron chi connectivity index (χ1n) is 6.75. The molecule has 0 spiro atoms. The summed E-state index contributed by atoms with van der Waals surface area (Å²) >= 11 is 0. The lowest BCUT2D eigenvalue weighted by Crippen LogP contribution is -2.42. The third kappa shape index (κ3) is 5.43. The minimum Gasteiger partial charge on any atom is -0.342 e. The zero-order valence-corrected chi connectivity index (χ0v) is 13.4. The van der Waals surface area contributed by atoms with Gasteiger partial charge in [-0.2, -0.15) is 4.31 Å². The SMILES string of the molecule is CCN(CC)C(=O)CN(Cc1ccc(F)cc1)S(C)(=O)=O. The van der Waals surface area contributed by atoms with E-state index in [-0.39, 0.29) is 24.8 Å². The van der Waals surface area contributed by atoms with E-state index in [9.17, 15) is 17.6 Å². The Bertz CT molecular complexity index is 568. The molecule has 0 heterocycles. The summed E-state index contributed by atoms with van der Waals surface area (Å²) in [7, 11) is -3.53. The van der Waals surface area contributed by atoms with Crippen molar-refractivity contribution in [2.45, 2.75) is 20.4 Å². The van der Waals surface area contributed by atoms with Crippen LogP contribution in [-0.4, -0.2) is 49.4 Å². The number of sulfonamides is 1. The van der Waals surface area contributed by atoms with Crippen molar-refractivity contribution in [1.29, 1.82) is 0 Å². The number of benzene rings is 1. The van der Waals surface area contributed by atoms with E-state index < -0.39 is 10.0 Å². The van der Waals surface area contributed by atoms with E-state index in [0.717, 1.165) is 10.6 Å². The normalized spacial score (nSPS) is 11.7. The van der Waals surface area contributed by atoms with Gasteiger partial charge in [-0.1, -0.05) is 12.1 Å². The van der Waals surface area contributed by atoms with Crippen molar-refractivity contribution in [1.82, 2.24) is 9.21 Å². The van der Waals surface area contributed by atoms with Crippen LogP contribution in [0.4, 0.5) is 4.39 Å². The molecule has 0 bridgehead atoms. The molecule has 0 atom stereocenters. The predicted octanol–water partition coefficient (Wildman–Crippen LogP) is 1.46. The molecule has 0 saturated heterocycles. The summed E-state index contributed by atoms with van der Waals surface area (Å²) in [5, 5.41) is 0. The van der Waals surface area contributed by atoms with Crippen LogP contribution >= 0.6 is 0 Å². The number of rotatable bonds is 7. The number of carbonyl (C=O) groups excluding carboxylic acids is 1. The fourth-order valence-electron chi connectivity index (χ4n) is 1.91. The molecular formula is C14H21FN2O3S. The Labute approximate surface area is 125 Å². The summed E-state index contributed by atoms with van der Waals surface area (Å²) in [6, 6.07) is 5.55. The van der Waals surface area contributed by atoms with Gasteiger partial charge in [-0.25, -0.2) is 12.8 Å². The van der Waals surface area contributed by atoms with Crippen molar-refractivity contribution in [3.63, 3.8) is 0 Å². The van der Waals surface area contributed by atoms with Crippen molar-refractivity contribution in [2.24, 2.45) is 0 Å². The van der Waals surface area contributed by atoms with E-state index in [2.05, 4.69) is 0 Å². The molecule has 0 aliphatic heterocycles. The topological polar surface area (TPSA) is 57.7 Å². The molecule has 0 radical (unpaired) electrons. The maximum absolute atomic E-state index is 12.9. The molecule has 1 rings (SSSR count). The zero-order valence-electron chi connectivity index (χ0n) is 12.5. The molecule has 21 heavy (non-hydrogen) atoms. The molecule has 0 aliphatic carbocycles. The Balaban J connectivity index is 2.87. The van der Waals surface area contributed by atoms with Crippen LogP contribution in [0.2, 0.25) is 0 Å². The van der Waals surface area contributed by atoms with Crippen molar-refractivity contribution >= 4 is 15.9 Å². The third-order valence-corrected chi connectivity index (χ3v) is 4.37. The zero-order chi connectivity index (χ0) is 16.0. The summed E-state index contributed by atoms with van der Waals surface area (Å²) in [5.74, 6) is -0.628. The minimum atomic E-state index is -3.53. The molecule has 0 aliphatic rings. The van der Waals surface area contributed by atoms with Gasteiger partial charge in [-0.3, -0.25) is 4.79 Å². The van der Waals surface area contributed by atoms with Crippen molar-refractivity contribution in [3.05, 3.63) is 35.6 Å². The van der Waals surface area contributed by atoms with Gasteiger partial charge in [0.1, 0.15) is 5.82 Å². The summed E-state index contributed by atoms with van der Waals surface area (Å²) < 4.78 is 37.6. The lowest BCUT2D eigenvalue weighted by atomic mass is 10.2. The molecule has 0 aromatic heterocycles. The van der Waals surface area contributed by atoms with Gasteiger partial charge >= 0.3 is 0 Å². The fraction of sp³-hybridized carbons (Fsp3) is 0.500. The molecule has 0 unspecified atom stereocenters. The Morgan fingerprint density at radius 2 is 1.67 bits per heavy atom. The van der Waals surface area contributed by atoms with Crippen LogP contribution in [0.3, 0.4) is 0 Å². The lowest BCUT2D eigenvalue weighted by Gasteiger charge is -2.24. The van der Waals surface area contributed by atoms with Gasteiger partial charge in [0.2, 0.25) is 15.9 Å². The van der Waals surface area contributed by atoms with E-state index in [4.69, 9.17) is 0 Å². The first-order valence-corrected chi connectivity index (χ1v) is 8.60. The van der Waals surface area contributed by atoms with E-state index in [0.29, 0.717) is 18.7 Å². The summed E-state index contributed by atoms with van der Waals surface area (Å²) in [5.41, 5.74) is 0.633. The minimum absolute atomic E-state index is 0.0477. The number of nitrogens with zero attached hydrogens (tertiary/aromatic N) is 2. The molecule has 5 nitrogen and oxygen atoms in total.